The van der Waals surface area contributed by atoms with Crippen molar-refractivity contribution in [3.63, 3.8) is 0 Å². The Balaban J connectivity index is 1.78. The van der Waals surface area contributed by atoms with E-state index in [0.717, 1.165) is 4.47 Å². The Morgan fingerprint density at radius 1 is 1.27 bits per heavy atom. The molecule has 1 atom stereocenters. The van der Waals surface area contributed by atoms with Gasteiger partial charge in [-0.1, -0.05) is 48.9 Å². The smallest absolute Gasteiger partial charge is 0.257 e. The number of benzene rings is 2. The lowest BCUT2D eigenvalue weighted by Crippen LogP contribution is -2.31. The minimum absolute atomic E-state index is 0.0260. The first kappa shape index (κ1) is 16.8. The molecular weight excluding hydrogens is 366 g/mol. The molecule has 0 aliphatic heterocycles. The van der Waals surface area contributed by atoms with Gasteiger partial charge in [-0.3, -0.25) is 4.79 Å². The van der Waals surface area contributed by atoms with Gasteiger partial charge in [0.25, 0.3) is 5.91 Å². The van der Waals surface area contributed by atoms with E-state index in [4.69, 9.17) is 16.3 Å². The highest BCUT2D eigenvalue weighted by Crippen LogP contribution is 2.27. The Labute approximate surface area is 143 Å². The second-order valence-electron chi connectivity index (χ2n) is 4.98. The number of hydrogen-bond donors (Lipinski definition) is 1. The molecule has 5 heteroatoms. The highest BCUT2D eigenvalue weighted by molar-refractivity contribution is 9.10. The van der Waals surface area contributed by atoms with Crippen molar-refractivity contribution in [2.75, 3.05) is 13.2 Å². The standard InChI is InChI=1S/C17H17BrClNO2/c1-12(13-5-3-2-4-6-13)10-20-17(21)11-22-16-8-7-14(19)9-15(16)18/h2-9,12H,10-11H2,1H3,(H,20,21)/t12-/m1/s1. The quantitative estimate of drug-likeness (QED) is 0.804. The number of rotatable bonds is 6. The molecule has 0 bridgehead atoms. The van der Waals surface area contributed by atoms with E-state index in [2.05, 4.69) is 40.3 Å². The van der Waals surface area contributed by atoms with Crippen molar-refractivity contribution >= 4 is 33.4 Å². The molecule has 2 rings (SSSR count). The molecule has 0 heterocycles. The number of hydrogen-bond acceptors (Lipinski definition) is 2. The normalized spacial score (nSPS) is 11.8. The van der Waals surface area contributed by atoms with Gasteiger partial charge in [-0.2, -0.15) is 0 Å². The highest BCUT2D eigenvalue weighted by Gasteiger charge is 2.09. The first-order chi connectivity index (χ1) is 10.6. The summed E-state index contributed by atoms with van der Waals surface area (Å²) < 4.78 is 6.20. The van der Waals surface area contributed by atoms with Crippen molar-refractivity contribution in [3.05, 3.63) is 63.6 Å². The minimum atomic E-state index is -0.148. The lowest BCUT2D eigenvalue weighted by molar-refractivity contribution is -0.123. The predicted molar refractivity (Wildman–Crippen MR) is 92.5 cm³/mol. The van der Waals surface area contributed by atoms with Crippen molar-refractivity contribution in [3.8, 4) is 5.75 Å². The fourth-order valence-electron chi connectivity index (χ4n) is 1.95. The fraction of sp³-hybridized carbons (Fsp3) is 0.235. The van der Waals surface area contributed by atoms with Gasteiger partial charge < -0.3 is 10.1 Å². The van der Waals surface area contributed by atoms with Gasteiger partial charge in [0.15, 0.2) is 6.61 Å². The van der Waals surface area contributed by atoms with E-state index < -0.39 is 0 Å². The fourth-order valence-corrected chi connectivity index (χ4v) is 2.75. The molecule has 1 amide bonds. The maximum absolute atomic E-state index is 11.9. The summed E-state index contributed by atoms with van der Waals surface area (Å²) in [6.45, 7) is 2.63. The third kappa shape index (κ3) is 5.04. The molecule has 22 heavy (non-hydrogen) atoms. The van der Waals surface area contributed by atoms with E-state index in [-0.39, 0.29) is 18.4 Å². The SMILES string of the molecule is C[C@H](CNC(=O)COc1ccc(Cl)cc1Br)c1ccccc1. The molecule has 3 nitrogen and oxygen atoms in total. The van der Waals surface area contributed by atoms with Gasteiger partial charge in [0.2, 0.25) is 0 Å². The van der Waals surface area contributed by atoms with Gasteiger partial charge in [-0.25, -0.2) is 0 Å². The molecule has 0 saturated heterocycles. The van der Waals surface area contributed by atoms with Crippen LogP contribution in [0.5, 0.6) is 5.75 Å². The first-order valence-electron chi connectivity index (χ1n) is 6.95. The second-order valence-corrected chi connectivity index (χ2v) is 6.27. The van der Waals surface area contributed by atoms with Gasteiger partial charge in [0, 0.05) is 11.6 Å². The van der Waals surface area contributed by atoms with Crippen LogP contribution in [0.4, 0.5) is 0 Å². The Hall–Kier alpha value is -1.52. The van der Waals surface area contributed by atoms with Gasteiger partial charge >= 0.3 is 0 Å². The van der Waals surface area contributed by atoms with E-state index in [1.54, 1.807) is 18.2 Å². The number of carbonyl (C=O) groups is 1. The maximum atomic E-state index is 11.9. The Morgan fingerprint density at radius 2 is 2.00 bits per heavy atom. The second kappa shape index (κ2) is 8.20. The summed E-state index contributed by atoms with van der Waals surface area (Å²) in [6.07, 6.45) is 0. The molecule has 2 aromatic carbocycles. The summed E-state index contributed by atoms with van der Waals surface area (Å²) in [5.74, 6) is 0.702. The number of carbonyl (C=O) groups excluding carboxylic acids is 1. The van der Waals surface area contributed by atoms with Gasteiger partial charge in [0.1, 0.15) is 5.75 Å². The molecule has 0 saturated carbocycles. The van der Waals surface area contributed by atoms with Crippen molar-refractivity contribution in [2.24, 2.45) is 0 Å². The molecule has 0 aliphatic rings. The van der Waals surface area contributed by atoms with Crippen LogP contribution in [0, 0.1) is 0 Å². The summed E-state index contributed by atoms with van der Waals surface area (Å²) in [4.78, 5) is 11.9. The van der Waals surface area contributed by atoms with Crippen LogP contribution < -0.4 is 10.1 Å². The molecule has 1 N–H and O–H groups in total. The van der Waals surface area contributed by atoms with Crippen molar-refractivity contribution in [1.82, 2.24) is 5.32 Å². The third-order valence-electron chi connectivity index (χ3n) is 3.23. The molecule has 0 unspecified atom stereocenters. The predicted octanol–water partition coefficient (Wildman–Crippen LogP) is 4.40. The van der Waals surface area contributed by atoms with Crippen molar-refractivity contribution in [1.29, 1.82) is 0 Å². The number of nitrogens with one attached hydrogen (secondary N) is 1. The van der Waals surface area contributed by atoms with Crippen LogP contribution in [-0.4, -0.2) is 19.1 Å². The van der Waals surface area contributed by atoms with Crippen molar-refractivity contribution < 1.29 is 9.53 Å². The highest BCUT2D eigenvalue weighted by atomic mass is 79.9. The van der Waals surface area contributed by atoms with Crippen LogP contribution in [0.3, 0.4) is 0 Å². The lowest BCUT2D eigenvalue weighted by atomic mass is 10.0. The van der Waals surface area contributed by atoms with E-state index in [0.29, 0.717) is 17.3 Å². The molecule has 0 aliphatic carbocycles. The van der Waals surface area contributed by atoms with E-state index in [9.17, 15) is 4.79 Å². The van der Waals surface area contributed by atoms with Crippen molar-refractivity contribution in [2.45, 2.75) is 12.8 Å². The molecule has 2 aromatic rings. The zero-order valence-electron chi connectivity index (χ0n) is 12.2. The summed E-state index contributed by atoms with van der Waals surface area (Å²) in [7, 11) is 0. The molecule has 0 spiro atoms. The van der Waals surface area contributed by atoms with Gasteiger partial charge in [0.05, 0.1) is 4.47 Å². The molecule has 0 fully saturated rings. The Morgan fingerprint density at radius 3 is 2.68 bits per heavy atom. The molecule has 0 aromatic heterocycles. The molecule has 0 radical (unpaired) electrons. The number of halogens is 2. The number of ether oxygens (including phenoxy) is 1. The van der Waals surface area contributed by atoms with Gasteiger partial charge in [-0.15, -0.1) is 0 Å². The summed E-state index contributed by atoms with van der Waals surface area (Å²) in [5.41, 5.74) is 1.20. The van der Waals surface area contributed by atoms with Crippen LogP contribution in [0.15, 0.2) is 53.0 Å². The minimum Gasteiger partial charge on any atom is -0.483 e. The summed E-state index contributed by atoms with van der Waals surface area (Å²) in [6, 6.07) is 15.3. The average molecular weight is 383 g/mol. The molecular formula is C17H17BrClNO2. The van der Waals surface area contributed by atoms with E-state index in [1.165, 1.54) is 5.56 Å². The molecule has 116 valence electrons. The zero-order chi connectivity index (χ0) is 15.9. The number of amides is 1. The topological polar surface area (TPSA) is 38.3 Å². The first-order valence-corrected chi connectivity index (χ1v) is 8.13. The monoisotopic (exact) mass is 381 g/mol. The zero-order valence-corrected chi connectivity index (χ0v) is 14.5. The summed E-state index contributed by atoms with van der Waals surface area (Å²) in [5, 5.41) is 3.49. The van der Waals surface area contributed by atoms with Crippen LogP contribution >= 0.6 is 27.5 Å². The average Bonchev–Trinajstić information content (AvgIpc) is 2.52. The van der Waals surface area contributed by atoms with Crippen LogP contribution in [0.2, 0.25) is 5.02 Å². The van der Waals surface area contributed by atoms with Crippen LogP contribution in [0.1, 0.15) is 18.4 Å². The summed E-state index contributed by atoms with van der Waals surface area (Å²) >= 11 is 9.21. The maximum Gasteiger partial charge on any atom is 0.257 e. The Bertz CT molecular complexity index is 634. The van der Waals surface area contributed by atoms with Crippen LogP contribution in [-0.2, 0) is 4.79 Å². The Kier molecular flexibility index (Phi) is 6.28. The van der Waals surface area contributed by atoms with E-state index >= 15 is 0 Å². The van der Waals surface area contributed by atoms with Gasteiger partial charge in [-0.05, 0) is 45.6 Å². The van der Waals surface area contributed by atoms with E-state index in [1.807, 2.05) is 18.2 Å². The lowest BCUT2D eigenvalue weighted by Gasteiger charge is -2.13. The third-order valence-corrected chi connectivity index (χ3v) is 4.08. The largest absolute Gasteiger partial charge is 0.483 e. The van der Waals surface area contributed by atoms with Crippen LogP contribution in [0.25, 0.3) is 0 Å².